The van der Waals surface area contributed by atoms with E-state index in [-0.39, 0.29) is 12.2 Å². The van der Waals surface area contributed by atoms with Gasteiger partial charge < -0.3 is 19.1 Å². The standard InChI is InChI=1S/C22H31NO4/c1-17-9-10-19(11-12-21(24)23-13-5-3-6-14-23)20(16-17)26-18(2)27-22-8-4-7-15-25-22/h9-12,16,18,22H,3-8,13-15H2,1-2H3/b12-11+. The topological polar surface area (TPSA) is 48.0 Å². The molecule has 5 nitrogen and oxygen atoms in total. The maximum absolute atomic E-state index is 12.4. The second-order valence-electron chi connectivity index (χ2n) is 7.38. The number of aryl methyl sites for hydroxylation is 1. The number of hydrogen-bond donors (Lipinski definition) is 0. The van der Waals surface area contributed by atoms with Crippen molar-refractivity contribution in [1.82, 2.24) is 4.90 Å². The SMILES string of the molecule is Cc1ccc(/C=C/C(=O)N2CCCCC2)c(OC(C)OC2CCCCO2)c1. The third kappa shape index (κ3) is 6.08. The molecule has 5 heteroatoms. The number of likely N-dealkylation sites (tertiary alicyclic amines) is 1. The summed E-state index contributed by atoms with van der Waals surface area (Å²) in [6.45, 7) is 6.36. The molecule has 2 aliphatic rings. The van der Waals surface area contributed by atoms with E-state index in [0.29, 0.717) is 0 Å². The van der Waals surface area contributed by atoms with Crippen LogP contribution in [0, 0.1) is 6.92 Å². The van der Waals surface area contributed by atoms with Gasteiger partial charge in [-0.3, -0.25) is 4.79 Å². The average molecular weight is 373 g/mol. The number of benzene rings is 1. The lowest BCUT2D eigenvalue weighted by Crippen LogP contribution is -2.34. The van der Waals surface area contributed by atoms with Crippen LogP contribution in [0.5, 0.6) is 5.75 Å². The smallest absolute Gasteiger partial charge is 0.246 e. The summed E-state index contributed by atoms with van der Waals surface area (Å²) in [5.74, 6) is 0.794. The second kappa shape index (κ2) is 9.90. The van der Waals surface area contributed by atoms with Crippen molar-refractivity contribution in [1.29, 1.82) is 0 Å². The Bertz CT molecular complexity index is 646. The Kier molecular flexibility index (Phi) is 7.30. The first-order valence-electron chi connectivity index (χ1n) is 10.1. The summed E-state index contributed by atoms with van der Waals surface area (Å²) in [6.07, 6.45) is 9.39. The summed E-state index contributed by atoms with van der Waals surface area (Å²) >= 11 is 0. The summed E-state index contributed by atoms with van der Waals surface area (Å²) in [6, 6.07) is 5.98. The van der Waals surface area contributed by atoms with Crippen LogP contribution in [0.4, 0.5) is 0 Å². The van der Waals surface area contributed by atoms with Gasteiger partial charge in [0.2, 0.25) is 5.91 Å². The van der Waals surface area contributed by atoms with E-state index in [0.717, 1.165) is 68.7 Å². The van der Waals surface area contributed by atoms with Crippen molar-refractivity contribution >= 4 is 12.0 Å². The van der Waals surface area contributed by atoms with Gasteiger partial charge in [-0.25, -0.2) is 0 Å². The molecule has 2 atom stereocenters. The Morgan fingerprint density at radius 2 is 2.04 bits per heavy atom. The Morgan fingerprint density at radius 3 is 2.78 bits per heavy atom. The van der Waals surface area contributed by atoms with Crippen LogP contribution in [-0.2, 0) is 14.3 Å². The average Bonchev–Trinajstić information content (AvgIpc) is 2.68. The maximum Gasteiger partial charge on any atom is 0.246 e. The largest absolute Gasteiger partial charge is 0.465 e. The Hall–Kier alpha value is -1.85. The fourth-order valence-corrected chi connectivity index (χ4v) is 3.50. The van der Waals surface area contributed by atoms with E-state index in [9.17, 15) is 4.79 Å². The van der Waals surface area contributed by atoms with E-state index in [4.69, 9.17) is 14.2 Å². The zero-order chi connectivity index (χ0) is 19.1. The van der Waals surface area contributed by atoms with Gasteiger partial charge in [0.1, 0.15) is 5.75 Å². The molecule has 2 unspecified atom stereocenters. The Morgan fingerprint density at radius 1 is 1.22 bits per heavy atom. The van der Waals surface area contributed by atoms with Gasteiger partial charge in [-0.05, 0) is 70.1 Å². The molecule has 2 fully saturated rings. The zero-order valence-electron chi connectivity index (χ0n) is 16.5. The minimum Gasteiger partial charge on any atom is -0.465 e. The van der Waals surface area contributed by atoms with Gasteiger partial charge in [-0.2, -0.15) is 0 Å². The molecular weight excluding hydrogens is 342 g/mol. The number of amides is 1. The molecule has 0 aromatic heterocycles. The molecule has 0 saturated carbocycles. The molecule has 2 saturated heterocycles. The second-order valence-corrected chi connectivity index (χ2v) is 7.38. The minimum absolute atomic E-state index is 0.0705. The van der Waals surface area contributed by atoms with Crippen LogP contribution in [0.25, 0.3) is 6.08 Å². The fraction of sp³-hybridized carbons (Fsp3) is 0.591. The number of rotatable bonds is 6. The molecular formula is C22H31NO4. The monoisotopic (exact) mass is 373 g/mol. The van der Waals surface area contributed by atoms with Crippen LogP contribution in [0.1, 0.15) is 56.6 Å². The molecule has 1 aromatic carbocycles. The van der Waals surface area contributed by atoms with Gasteiger partial charge in [0, 0.05) is 31.3 Å². The van der Waals surface area contributed by atoms with Crippen LogP contribution in [-0.4, -0.2) is 43.1 Å². The van der Waals surface area contributed by atoms with Crippen molar-refractivity contribution in [2.45, 2.75) is 65.0 Å². The van der Waals surface area contributed by atoms with Gasteiger partial charge in [-0.1, -0.05) is 12.1 Å². The summed E-state index contributed by atoms with van der Waals surface area (Å²) in [5, 5.41) is 0. The van der Waals surface area contributed by atoms with Gasteiger partial charge >= 0.3 is 0 Å². The quantitative estimate of drug-likeness (QED) is 0.551. The van der Waals surface area contributed by atoms with Gasteiger partial charge in [0.15, 0.2) is 12.6 Å². The number of ether oxygens (including phenoxy) is 3. The number of piperidine rings is 1. The first kappa shape index (κ1) is 19.9. The highest BCUT2D eigenvalue weighted by molar-refractivity contribution is 5.92. The van der Waals surface area contributed by atoms with E-state index in [1.807, 2.05) is 43.0 Å². The predicted molar refractivity (Wildman–Crippen MR) is 105 cm³/mol. The van der Waals surface area contributed by atoms with Crippen LogP contribution < -0.4 is 4.74 Å². The van der Waals surface area contributed by atoms with Crippen LogP contribution >= 0.6 is 0 Å². The van der Waals surface area contributed by atoms with Crippen molar-refractivity contribution in [3.8, 4) is 5.75 Å². The van der Waals surface area contributed by atoms with Crippen LogP contribution in [0.3, 0.4) is 0 Å². The molecule has 27 heavy (non-hydrogen) atoms. The molecule has 148 valence electrons. The third-order valence-electron chi connectivity index (χ3n) is 5.02. The molecule has 2 heterocycles. The molecule has 0 N–H and O–H groups in total. The van der Waals surface area contributed by atoms with Gasteiger partial charge in [-0.15, -0.1) is 0 Å². The maximum atomic E-state index is 12.4. The molecule has 1 amide bonds. The van der Waals surface area contributed by atoms with Crippen LogP contribution in [0.15, 0.2) is 24.3 Å². The molecule has 0 spiro atoms. The number of nitrogens with zero attached hydrogens (tertiary/aromatic N) is 1. The van der Waals surface area contributed by atoms with E-state index in [2.05, 4.69) is 0 Å². The molecule has 2 aliphatic heterocycles. The molecule has 3 rings (SSSR count). The highest BCUT2D eigenvalue weighted by Crippen LogP contribution is 2.25. The van der Waals surface area contributed by atoms with Crippen molar-refractivity contribution in [2.75, 3.05) is 19.7 Å². The Balaban J connectivity index is 1.63. The van der Waals surface area contributed by atoms with Crippen molar-refractivity contribution < 1.29 is 19.0 Å². The number of carbonyl (C=O) groups is 1. The summed E-state index contributed by atoms with van der Waals surface area (Å²) in [7, 11) is 0. The zero-order valence-corrected chi connectivity index (χ0v) is 16.5. The fourth-order valence-electron chi connectivity index (χ4n) is 3.50. The summed E-state index contributed by atoms with van der Waals surface area (Å²) < 4.78 is 17.5. The van der Waals surface area contributed by atoms with E-state index >= 15 is 0 Å². The highest BCUT2D eigenvalue weighted by atomic mass is 16.8. The number of hydrogen-bond acceptors (Lipinski definition) is 4. The van der Waals surface area contributed by atoms with Crippen molar-refractivity contribution in [3.05, 3.63) is 35.4 Å². The summed E-state index contributed by atoms with van der Waals surface area (Å²) in [5.41, 5.74) is 1.98. The lowest BCUT2D eigenvalue weighted by molar-refractivity contribution is -0.225. The van der Waals surface area contributed by atoms with Crippen LogP contribution in [0.2, 0.25) is 0 Å². The van der Waals surface area contributed by atoms with Crippen molar-refractivity contribution in [2.24, 2.45) is 0 Å². The first-order chi connectivity index (χ1) is 13.1. The number of carbonyl (C=O) groups excluding carboxylic acids is 1. The van der Waals surface area contributed by atoms with Gasteiger partial charge in [0.05, 0.1) is 0 Å². The molecule has 0 radical (unpaired) electrons. The Labute approximate surface area is 162 Å². The predicted octanol–water partition coefficient (Wildman–Crippen LogP) is 4.29. The van der Waals surface area contributed by atoms with Crippen molar-refractivity contribution in [3.63, 3.8) is 0 Å². The molecule has 0 bridgehead atoms. The van der Waals surface area contributed by atoms with E-state index < -0.39 is 6.29 Å². The normalized spacial score (nSPS) is 22.0. The lowest BCUT2D eigenvalue weighted by Gasteiger charge is -2.26. The van der Waals surface area contributed by atoms with E-state index in [1.165, 1.54) is 6.42 Å². The molecule has 1 aromatic rings. The highest BCUT2D eigenvalue weighted by Gasteiger charge is 2.19. The summed E-state index contributed by atoms with van der Waals surface area (Å²) in [4.78, 5) is 14.3. The third-order valence-corrected chi connectivity index (χ3v) is 5.02. The minimum atomic E-state index is -0.417. The van der Waals surface area contributed by atoms with E-state index in [1.54, 1.807) is 6.08 Å². The van der Waals surface area contributed by atoms with Gasteiger partial charge in [0.25, 0.3) is 0 Å². The molecule has 0 aliphatic carbocycles. The first-order valence-corrected chi connectivity index (χ1v) is 10.1. The lowest BCUT2D eigenvalue weighted by atomic mass is 10.1.